The number of nitrogens with zero attached hydrogens (tertiary/aromatic N) is 1. The van der Waals surface area contributed by atoms with E-state index < -0.39 is 0 Å². The Labute approximate surface area is 133 Å². The van der Waals surface area contributed by atoms with E-state index in [-0.39, 0.29) is 17.7 Å². The summed E-state index contributed by atoms with van der Waals surface area (Å²) < 4.78 is 1.01. The van der Waals surface area contributed by atoms with Crippen molar-refractivity contribution in [3.8, 4) is 0 Å². The molecule has 6 heteroatoms. The fourth-order valence-corrected chi connectivity index (χ4v) is 2.80. The van der Waals surface area contributed by atoms with Crippen molar-refractivity contribution >= 4 is 33.4 Å². The number of halogens is 1. The Morgan fingerprint density at radius 3 is 2.90 bits per heavy atom. The minimum Gasteiger partial charge on any atom is -0.369 e. The van der Waals surface area contributed by atoms with Crippen LogP contribution in [0.15, 0.2) is 22.7 Å². The molecule has 1 fully saturated rings. The van der Waals surface area contributed by atoms with E-state index in [0.717, 1.165) is 35.1 Å². The lowest BCUT2D eigenvalue weighted by Crippen LogP contribution is -2.44. The normalized spacial score (nSPS) is 19.2. The lowest BCUT2D eigenvalue weighted by atomic mass is 9.97. The van der Waals surface area contributed by atoms with Crippen LogP contribution in [0, 0.1) is 12.8 Å². The maximum atomic E-state index is 12.1. The Balaban J connectivity index is 1.89. The fraction of sp³-hybridized carbons (Fsp3) is 0.467. The van der Waals surface area contributed by atoms with Crippen molar-refractivity contribution in [1.82, 2.24) is 4.90 Å². The summed E-state index contributed by atoms with van der Waals surface area (Å²) in [6, 6.07) is 5.69. The van der Waals surface area contributed by atoms with E-state index in [2.05, 4.69) is 21.2 Å². The molecule has 1 aromatic rings. The first-order valence-corrected chi connectivity index (χ1v) is 7.82. The number of aryl methyl sites for hydroxylation is 1. The topological polar surface area (TPSA) is 75.4 Å². The SMILES string of the molecule is Cc1cc(NC(=O)CN2CCC[C@H](C(N)=O)C2)ccc1Br. The number of nitrogens with one attached hydrogen (secondary N) is 1. The van der Waals surface area contributed by atoms with Gasteiger partial charge in [0.2, 0.25) is 11.8 Å². The molecule has 0 radical (unpaired) electrons. The first kappa shape index (κ1) is 16.0. The zero-order chi connectivity index (χ0) is 15.4. The van der Waals surface area contributed by atoms with Crippen molar-refractivity contribution in [2.45, 2.75) is 19.8 Å². The summed E-state index contributed by atoms with van der Waals surface area (Å²) in [5, 5.41) is 2.88. The number of carbonyl (C=O) groups excluding carboxylic acids is 2. The van der Waals surface area contributed by atoms with Crippen LogP contribution in [-0.4, -0.2) is 36.3 Å². The molecule has 1 aliphatic heterocycles. The van der Waals surface area contributed by atoms with Crippen LogP contribution < -0.4 is 11.1 Å². The lowest BCUT2D eigenvalue weighted by Gasteiger charge is -2.30. The maximum absolute atomic E-state index is 12.1. The van der Waals surface area contributed by atoms with Gasteiger partial charge >= 0.3 is 0 Å². The molecule has 1 aliphatic rings. The summed E-state index contributed by atoms with van der Waals surface area (Å²) >= 11 is 3.43. The smallest absolute Gasteiger partial charge is 0.238 e. The molecule has 1 aromatic carbocycles. The molecule has 1 atom stereocenters. The molecule has 21 heavy (non-hydrogen) atoms. The highest BCUT2D eigenvalue weighted by atomic mass is 79.9. The molecule has 0 aliphatic carbocycles. The molecule has 5 nitrogen and oxygen atoms in total. The molecule has 3 N–H and O–H groups in total. The van der Waals surface area contributed by atoms with Crippen LogP contribution in [0.2, 0.25) is 0 Å². The molecule has 0 unspecified atom stereocenters. The van der Waals surface area contributed by atoms with Gasteiger partial charge in [0, 0.05) is 16.7 Å². The summed E-state index contributed by atoms with van der Waals surface area (Å²) in [4.78, 5) is 25.3. The van der Waals surface area contributed by atoms with E-state index in [1.54, 1.807) is 0 Å². The summed E-state index contributed by atoms with van der Waals surface area (Å²) in [7, 11) is 0. The average Bonchev–Trinajstić information content (AvgIpc) is 2.43. The van der Waals surface area contributed by atoms with Gasteiger partial charge in [-0.25, -0.2) is 0 Å². The van der Waals surface area contributed by atoms with Gasteiger partial charge in [-0.05, 0) is 50.1 Å². The Morgan fingerprint density at radius 2 is 2.24 bits per heavy atom. The van der Waals surface area contributed by atoms with E-state index >= 15 is 0 Å². The number of likely N-dealkylation sites (tertiary alicyclic amines) is 1. The van der Waals surface area contributed by atoms with Gasteiger partial charge in [-0.2, -0.15) is 0 Å². The molecule has 0 spiro atoms. The number of piperidine rings is 1. The Kier molecular flexibility index (Phi) is 5.36. The molecule has 2 rings (SSSR count). The Bertz CT molecular complexity index is 548. The van der Waals surface area contributed by atoms with E-state index in [9.17, 15) is 9.59 Å². The third kappa shape index (κ3) is 4.54. The molecule has 0 bridgehead atoms. The second-order valence-electron chi connectivity index (χ2n) is 5.49. The lowest BCUT2D eigenvalue weighted by molar-refractivity contribution is -0.125. The van der Waals surface area contributed by atoms with E-state index in [0.29, 0.717) is 13.1 Å². The fourth-order valence-electron chi connectivity index (χ4n) is 2.56. The van der Waals surface area contributed by atoms with Gasteiger partial charge in [0.05, 0.1) is 12.5 Å². The van der Waals surface area contributed by atoms with Crippen LogP contribution in [0.5, 0.6) is 0 Å². The number of carbonyl (C=O) groups is 2. The molecule has 1 saturated heterocycles. The quantitative estimate of drug-likeness (QED) is 0.867. The van der Waals surface area contributed by atoms with Gasteiger partial charge in [-0.1, -0.05) is 15.9 Å². The van der Waals surface area contributed by atoms with E-state index in [1.807, 2.05) is 30.0 Å². The highest BCUT2D eigenvalue weighted by Gasteiger charge is 2.25. The second-order valence-corrected chi connectivity index (χ2v) is 6.34. The number of amides is 2. The largest absolute Gasteiger partial charge is 0.369 e. The molecular formula is C15H20BrN3O2. The number of primary amides is 1. The summed E-state index contributed by atoms with van der Waals surface area (Å²) in [5.41, 5.74) is 7.19. The predicted octanol–water partition coefficient (Wildman–Crippen LogP) is 1.89. The minimum absolute atomic E-state index is 0.0677. The number of hydrogen-bond donors (Lipinski definition) is 2. The van der Waals surface area contributed by atoms with Crippen LogP contribution in [-0.2, 0) is 9.59 Å². The molecule has 114 valence electrons. The Hall–Kier alpha value is -1.40. The standard InChI is InChI=1S/C15H20BrN3O2/c1-10-7-12(4-5-13(10)16)18-14(20)9-19-6-2-3-11(8-19)15(17)21/h4-5,7,11H,2-3,6,8-9H2,1H3,(H2,17,21)(H,18,20)/t11-/m0/s1. The monoisotopic (exact) mass is 353 g/mol. The highest BCUT2D eigenvalue weighted by Crippen LogP contribution is 2.20. The number of rotatable bonds is 4. The van der Waals surface area contributed by atoms with Gasteiger partial charge < -0.3 is 11.1 Å². The second kappa shape index (κ2) is 7.04. The van der Waals surface area contributed by atoms with Gasteiger partial charge in [-0.15, -0.1) is 0 Å². The van der Waals surface area contributed by atoms with Crippen LogP contribution in [0.25, 0.3) is 0 Å². The van der Waals surface area contributed by atoms with E-state index in [1.165, 1.54) is 0 Å². The molecular weight excluding hydrogens is 334 g/mol. The molecule has 1 heterocycles. The summed E-state index contributed by atoms with van der Waals surface area (Å²) in [6.07, 6.45) is 1.72. The van der Waals surface area contributed by atoms with Crippen molar-refractivity contribution in [2.75, 3.05) is 25.0 Å². The zero-order valence-corrected chi connectivity index (χ0v) is 13.6. The van der Waals surface area contributed by atoms with Gasteiger partial charge in [-0.3, -0.25) is 14.5 Å². The van der Waals surface area contributed by atoms with Crippen molar-refractivity contribution in [3.05, 3.63) is 28.2 Å². The number of anilines is 1. The van der Waals surface area contributed by atoms with Crippen LogP contribution >= 0.6 is 15.9 Å². The zero-order valence-electron chi connectivity index (χ0n) is 12.1. The first-order chi connectivity index (χ1) is 9.95. The highest BCUT2D eigenvalue weighted by molar-refractivity contribution is 9.10. The van der Waals surface area contributed by atoms with Gasteiger partial charge in [0.25, 0.3) is 0 Å². The van der Waals surface area contributed by atoms with E-state index in [4.69, 9.17) is 5.73 Å². The third-order valence-electron chi connectivity index (χ3n) is 3.72. The first-order valence-electron chi connectivity index (χ1n) is 7.03. The number of nitrogens with two attached hydrogens (primary N) is 1. The van der Waals surface area contributed by atoms with Crippen LogP contribution in [0.4, 0.5) is 5.69 Å². The molecule has 0 saturated carbocycles. The maximum Gasteiger partial charge on any atom is 0.238 e. The molecule has 2 amide bonds. The van der Waals surface area contributed by atoms with Crippen LogP contribution in [0.3, 0.4) is 0 Å². The predicted molar refractivity (Wildman–Crippen MR) is 85.9 cm³/mol. The van der Waals surface area contributed by atoms with Gasteiger partial charge in [0.15, 0.2) is 0 Å². The molecule has 0 aromatic heterocycles. The number of hydrogen-bond acceptors (Lipinski definition) is 3. The Morgan fingerprint density at radius 1 is 1.48 bits per heavy atom. The third-order valence-corrected chi connectivity index (χ3v) is 4.61. The van der Waals surface area contributed by atoms with Crippen molar-refractivity contribution in [3.63, 3.8) is 0 Å². The summed E-state index contributed by atoms with van der Waals surface area (Å²) in [5.74, 6) is -0.480. The van der Waals surface area contributed by atoms with Crippen LogP contribution in [0.1, 0.15) is 18.4 Å². The average molecular weight is 354 g/mol. The van der Waals surface area contributed by atoms with Gasteiger partial charge in [0.1, 0.15) is 0 Å². The van der Waals surface area contributed by atoms with Crippen molar-refractivity contribution < 1.29 is 9.59 Å². The van der Waals surface area contributed by atoms with Crippen molar-refractivity contribution in [1.29, 1.82) is 0 Å². The minimum atomic E-state index is -0.274. The summed E-state index contributed by atoms with van der Waals surface area (Å²) in [6.45, 7) is 3.67. The number of benzene rings is 1. The van der Waals surface area contributed by atoms with Crippen molar-refractivity contribution in [2.24, 2.45) is 11.7 Å².